The molecule has 0 spiro atoms. The average molecular weight is 241 g/mol. The summed E-state index contributed by atoms with van der Waals surface area (Å²) in [4.78, 5) is 14.2. The van der Waals surface area contributed by atoms with Gasteiger partial charge in [0.15, 0.2) is 0 Å². The zero-order valence-corrected chi connectivity index (χ0v) is 11.7. The smallest absolute Gasteiger partial charge is 0.225 e. The number of hydrogen-bond acceptors (Lipinski definition) is 2. The molecule has 0 aliphatic heterocycles. The van der Waals surface area contributed by atoms with Crippen LogP contribution in [0.25, 0.3) is 0 Å². The van der Waals surface area contributed by atoms with Gasteiger partial charge in [0, 0.05) is 19.5 Å². The molecule has 0 bridgehead atoms. The lowest BCUT2D eigenvalue weighted by atomic mass is 9.68. The van der Waals surface area contributed by atoms with Crippen molar-refractivity contribution in [2.75, 3.05) is 13.6 Å². The van der Waals surface area contributed by atoms with Gasteiger partial charge in [-0.2, -0.15) is 0 Å². The van der Waals surface area contributed by atoms with Gasteiger partial charge in [-0.1, -0.05) is 26.7 Å². The highest BCUT2D eigenvalue weighted by Gasteiger charge is 2.38. The van der Waals surface area contributed by atoms with Gasteiger partial charge in [-0.15, -0.1) is 0 Å². The second kappa shape index (κ2) is 5.85. The molecule has 0 aromatic heterocycles. The highest BCUT2D eigenvalue weighted by molar-refractivity contribution is 5.79. The molecule has 0 heterocycles. The van der Waals surface area contributed by atoms with Crippen LogP contribution in [-0.2, 0) is 4.79 Å². The van der Waals surface area contributed by atoms with Crippen LogP contribution in [0.3, 0.4) is 0 Å². The molecule has 2 atom stereocenters. The Hall–Kier alpha value is -0.570. The van der Waals surface area contributed by atoms with Crippen molar-refractivity contribution in [2.24, 2.45) is 11.3 Å². The number of aliphatic hydroxyl groups is 1. The summed E-state index contributed by atoms with van der Waals surface area (Å²) in [6.45, 7) is 6.83. The van der Waals surface area contributed by atoms with Crippen LogP contribution in [-0.4, -0.2) is 35.6 Å². The summed E-state index contributed by atoms with van der Waals surface area (Å²) in [5.74, 6) is 0.422. The third-order valence-electron chi connectivity index (χ3n) is 4.06. The maximum Gasteiger partial charge on any atom is 0.225 e. The van der Waals surface area contributed by atoms with Crippen molar-refractivity contribution >= 4 is 5.91 Å². The van der Waals surface area contributed by atoms with Crippen LogP contribution in [0.1, 0.15) is 52.9 Å². The predicted octanol–water partition coefficient (Wildman–Crippen LogP) is 2.43. The van der Waals surface area contributed by atoms with Crippen LogP contribution in [0, 0.1) is 11.3 Å². The Balaban J connectivity index is 2.55. The van der Waals surface area contributed by atoms with E-state index in [0.29, 0.717) is 13.0 Å². The zero-order chi connectivity index (χ0) is 13.1. The van der Waals surface area contributed by atoms with E-state index in [2.05, 4.69) is 13.8 Å². The van der Waals surface area contributed by atoms with Crippen molar-refractivity contribution in [3.05, 3.63) is 0 Å². The van der Waals surface area contributed by atoms with Crippen molar-refractivity contribution in [1.82, 2.24) is 4.90 Å². The van der Waals surface area contributed by atoms with Crippen molar-refractivity contribution < 1.29 is 9.90 Å². The molecule has 1 saturated carbocycles. The number of carbonyl (C=O) groups excluding carboxylic acids is 1. The minimum atomic E-state index is -0.329. The van der Waals surface area contributed by atoms with E-state index >= 15 is 0 Å². The minimum Gasteiger partial charge on any atom is -0.393 e. The highest BCUT2D eigenvalue weighted by atomic mass is 16.3. The fourth-order valence-corrected chi connectivity index (χ4v) is 2.71. The molecular weight excluding hydrogens is 214 g/mol. The normalized spacial score (nSPS) is 25.4. The molecule has 0 saturated heterocycles. The van der Waals surface area contributed by atoms with Gasteiger partial charge in [-0.05, 0) is 31.6 Å². The predicted molar refractivity (Wildman–Crippen MR) is 69.7 cm³/mol. The van der Waals surface area contributed by atoms with Gasteiger partial charge in [-0.3, -0.25) is 4.79 Å². The quantitative estimate of drug-likeness (QED) is 0.821. The van der Waals surface area contributed by atoms with Crippen LogP contribution in [0.15, 0.2) is 0 Å². The van der Waals surface area contributed by atoms with Gasteiger partial charge < -0.3 is 10.0 Å². The van der Waals surface area contributed by atoms with Gasteiger partial charge in [0.25, 0.3) is 0 Å². The molecule has 3 heteroatoms. The van der Waals surface area contributed by atoms with Crippen LogP contribution < -0.4 is 0 Å². The van der Waals surface area contributed by atoms with Crippen LogP contribution in [0.2, 0.25) is 0 Å². The third kappa shape index (κ3) is 3.98. The van der Waals surface area contributed by atoms with Gasteiger partial charge in [0.05, 0.1) is 6.10 Å². The minimum absolute atomic E-state index is 0.133. The summed E-state index contributed by atoms with van der Waals surface area (Å²) >= 11 is 0. The summed E-state index contributed by atoms with van der Waals surface area (Å²) in [5.41, 5.74) is 0.133. The van der Waals surface area contributed by atoms with Crippen LogP contribution >= 0.6 is 0 Å². The Morgan fingerprint density at radius 2 is 2.12 bits per heavy atom. The molecule has 1 N–H and O–H groups in total. The van der Waals surface area contributed by atoms with Gasteiger partial charge in [0.2, 0.25) is 5.91 Å². The molecule has 2 unspecified atom stereocenters. The molecule has 1 fully saturated rings. The van der Waals surface area contributed by atoms with Crippen molar-refractivity contribution in [3.8, 4) is 0 Å². The monoisotopic (exact) mass is 241 g/mol. The number of hydrogen-bond donors (Lipinski definition) is 1. The number of amides is 1. The fourth-order valence-electron chi connectivity index (χ4n) is 2.71. The molecule has 0 aromatic rings. The van der Waals surface area contributed by atoms with E-state index in [1.54, 1.807) is 11.8 Å². The first-order valence-corrected chi connectivity index (χ1v) is 6.77. The molecule has 1 aliphatic carbocycles. The van der Waals surface area contributed by atoms with E-state index in [9.17, 15) is 9.90 Å². The number of rotatable bonds is 4. The molecular formula is C14H27NO2. The maximum atomic E-state index is 12.4. The molecule has 17 heavy (non-hydrogen) atoms. The molecule has 0 radical (unpaired) electrons. The van der Waals surface area contributed by atoms with E-state index in [1.165, 1.54) is 12.8 Å². The topological polar surface area (TPSA) is 40.5 Å². The Morgan fingerprint density at radius 3 is 2.65 bits per heavy atom. The van der Waals surface area contributed by atoms with Crippen molar-refractivity contribution in [1.29, 1.82) is 0 Å². The lowest BCUT2D eigenvalue weighted by molar-refractivity contribution is -0.140. The van der Waals surface area contributed by atoms with Crippen LogP contribution in [0.4, 0.5) is 0 Å². The maximum absolute atomic E-state index is 12.4. The van der Waals surface area contributed by atoms with E-state index in [1.807, 2.05) is 7.05 Å². The average Bonchev–Trinajstić information content (AvgIpc) is 2.24. The number of carbonyl (C=O) groups is 1. The summed E-state index contributed by atoms with van der Waals surface area (Å²) in [7, 11) is 1.86. The highest BCUT2D eigenvalue weighted by Crippen LogP contribution is 2.41. The fraction of sp³-hybridized carbons (Fsp3) is 0.929. The Kier molecular flexibility index (Phi) is 4.99. The molecule has 0 aromatic carbocycles. The Labute approximate surface area is 105 Å². The molecule has 1 rings (SSSR count). The SMILES string of the molecule is CC(O)CCN(C)C(=O)C1CCCCC1(C)C. The summed E-state index contributed by atoms with van der Waals surface area (Å²) < 4.78 is 0. The first-order chi connectivity index (χ1) is 7.84. The lowest BCUT2D eigenvalue weighted by Crippen LogP contribution is -2.42. The lowest BCUT2D eigenvalue weighted by Gasteiger charge is -2.39. The molecule has 100 valence electrons. The largest absolute Gasteiger partial charge is 0.393 e. The summed E-state index contributed by atoms with van der Waals surface area (Å²) in [5, 5.41) is 9.26. The third-order valence-corrected chi connectivity index (χ3v) is 4.06. The summed E-state index contributed by atoms with van der Waals surface area (Å²) in [6.07, 6.45) is 4.91. The van der Waals surface area contributed by atoms with Gasteiger partial charge >= 0.3 is 0 Å². The number of aliphatic hydroxyl groups excluding tert-OH is 1. The van der Waals surface area contributed by atoms with E-state index in [-0.39, 0.29) is 23.3 Å². The van der Waals surface area contributed by atoms with E-state index < -0.39 is 0 Å². The second-order valence-corrected chi connectivity index (χ2v) is 6.18. The molecule has 3 nitrogen and oxygen atoms in total. The summed E-state index contributed by atoms with van der Waals surface area (Å²) in [6, 6.07) is 0. The zero-order valence-electron chi connectivity index (χ0n) is 11.7. The number of nitrogens with zero attached hydrogens (tertiary/aromatic N) is 1. The first-order valence-electron chi connectivity index (χ1n) is 6.77. The van der Waals surface area contributed by atoms with Gasteiger partial charge in [-0.25, -0.2) is 0 Å². The van der Waals surface area contributed by atoms with E-state index in [0.717, 1.165) is 12.8 Å². The standard InChI is InChI=1S/C14H27NO2/c1-11(16)8-10-15(4)13(17)12-7-5-6-9-14(12,2)3/h11-12,16H,5-10H2,1-4H3. The van der Waals surface area contributed by atoms with Crippen molar-refractivity contribution in [2.45, 2.75) is 59.0 Å². The van der Waals surface area contributed by atoms with Crippen molar-refractivity contribution in [3.63, 3.8) is 0 Å². The van der Waals surface area contributed by atoms with Crippen LogP contribution in [0.5, 0.6) is 0 Å². The molecule has 1 aliphatic rings. The Bertz CT molecular complexity index is 261. The second-order valence-electron chi connectivity index (χ2n) is 6.18. The van der Waals surface area contributed by atoms with E-state index in [4.69, 9.17) is 0 Å². The Morgan fingerprint density at radius 1 is 1.47 bits per heavy atom. The molecule has 1 amide bonds. The first kappa shape index (κ1) is 14.5. The van der Waals surface area contributed by atoms with Gasteiger partial charge in [0.1, 0.15) is 0 Å².